The summed E-state index contributed by atoms with van der Waals surface area (Å²) in [6, 6.07) is -0.740. The number of carboxylic acids is 1. The standard InChI is InChI=1S/C55H93NO7/c1-6-8-10-12-14-16-18-20-22-24-26-27-28-30-31-33-35-37-39-41-43-45-53(57)62-50-51(49-61-48-47-52(55(59)60)56(3,4)5)63-54(58)46-44-42-40-38-36-34-32-29-25-23-21-19-17-15-13-11-9-7-2/h14,16,20,22-23,25-27,29-32,35,37,51-52H,6-13,15,17-19,21,24,28,33-34,36,38-50H2,1-5H3/b16-14+,22-20+,25-23+,27-26+,31-30+,32-29+,37-35+. The van der Waals surface area contributed by atoms with E-state index in [9.17, 15) is 19.5 Å². The fraction of sp³-hybridized carbons (Fsp3) is 0.691. The lowest BCUT2D eigenvalue weighted by Crippen LogP contribution is -2.55. The second kappa shape index (κ2) is 45.1. The Morgan fingerprint density at radius 1 is 0.492 bits per heavy atom. The Kier molecular flexibility index (Phi) is 42.6. The highest BCUT2D eigenvalue weighted by Gasteiger charge is 2.25. The van der Waals surface area contributed by atoms with Gasteiger partial charge in [0.2, 0.25) is 0 Å². The molecule has 0 aromatic rings. The topological polar surface area (TPSA) is 102 Å². The zero-order chi connectivity index (χ0) is 46.3. The van der Waals surface area contributed by atoms with Crippen LogP contribution in [-0.2, 0) is 28.6 Å². The van der Waals surface area contributed by atoms with E-state index in [0.717, 1.165) is 83.5 Å². The number of nitrogens with zero attached hydrogens (tertiary/aromatic N) is 1. The van der Waals surface area contributed by atoms with Crippen molar-refractivity contribution in [3.05, 3.63) is 85.1 Å². The third-order valence-corrected chi connectivity index (χ3v) is 10.8. The molecule has 0 saturated heterocycles. The van der Waals surface area contributed by atoms with Crippen LogP contribution >= 0.6 is 0 Å². The number of carbonyl (C=O) groups is 3. The van der Waals surface area contributed by atoms with Gasteiger partial charge in [0, 0.05) is 19.3 Å². The van der Waals surface area contributed by atoms with Gasteiger partial charge >= 0.3 is 11.9 Å². The number of ether oxygens (including phenoxy) is 3. The third-order valence-electron chi connectivity index (χ3n) is 10.8. The minimum atomic E-state index is -1.14. The van der Waals surface area contributed by atoms with Gasteiger partial charge in [0.15, 0.2) is 6.10 Å². The molecular formula is C55H93NO7. The molecule has 0 bridgehead atoms. The van der Waals surface area contributed by atoms with E-state index in [1.807, 2.05) is 0 Å². The Morgan fingerprint density at radius 3 is 1.40 bits per heavy atom. The number of carboxylic acid groups (broad SMARTS) is 1. The number of aliphatic carboxylic acids is 1. The van der Waals surface area contributed by atoms with Crippen molar-refractivity contribution >= 4 is 17.9 Å². The first kappa shape index (κ1) is 59.5. The van der Waals surface area contributed by atoms with Gasteiger partial charge in [-0.2, -0.15) is 0 Å². The summed E-state index contributed by atoms with van der Waals surface area (Å²) in [5.74, 6) is -1.82. The zero-order valence-corrected chi connectivity index (χ0v) is 41.0. The van der Waals surface area contributed by atoms with Gasteiger partial charge in [-0.3, -0.25) is 9.59 Å². The van der Waals surface area contributed by atoms with Crippen LogP contribution in [0.4, 0.5) is 0 Å². The van der Waals surface area contributed by atoms with Gasteiger partial charge in [-0.15, -0.1) is 0 Å². The lowest BCUT2D eigenvalue weighted by molar-refractivity contribution is -0.889. The van der Waals surface area contributed by atoms with E-state index in [0.29, 0.717) is 6.42 Å². The van der Waals surface area contributed by atoms with Gasteiger partial charge in [0.05, 0.1) is 40.3 Å². The summed E-state index contributed by atoms with van der Waals surface area (Å²) in [6.07, 6.45) is 59.0. The van der Waals surface area contributed by atoms with Gasteiger partial charge in [0.25, 0.3) is 0 Å². The Balaban J connectivity index is 4.40. The van der Waals surface area contributed by atoms with Crippen molar-refractivity contribution in [2.24, 2.45) is 0 Å². The lowest BCUT2D eigenvalue weighted by atomic mass is 10.1. The number of hydrogen-bond donors (Lipinski definition) is 0. The van der Waals surface area contributed by atoms with Crippen molar-refractivity contribution < 1.29 is 38.2 Å². The minimum Gasteiger partial charge on any atom is -0.544 e. The molecule has 8 heteroatoms. The van der Waals surface area contributed by atoms with E-state index in [4.69, 9.17) is 14.2 Å². The lowest BCUT2D eigenvalue weighted by Gasteiger charge is -2.34. The maximum absolute atomic E-state index is 12.8. The number of hydrogen-bond acceptors (Lipinski definition) is 7. The fourth-order valence-corrected chi connectivity index (χ4v) is 6.84. The van der Waals surface area contributed by atoms with Gasteiger partial charge < -0.3 is 28.6 Å². The third kappa shape index (κ3) is 43.5. The number of carbonyl (C=O) groups excluding carboxylic acids is 3. The monoisotopic (exact) mass is 880 g/mol. The van der Waals surface area contributed by atoms with Crippen LogP contribution in [0.25, 0.3) is 0 Å². The normalized spacial score (nSPS) is 13.6. The highest BCUT2D eigenvalue weighted by atomic mass is 16.6. The summed E-state index contributed by atoms with van der Waals surface area (Å²) in [5, 5.41) is 11.7. The summed E-state index contributed by atoms with van der Waals surface area (Å²) in [4.78, 5) is 37.0. The van der Waals surface area contributed by atoms with Gasteiger partial charge in [-0.1, -0.05) is 170 Å². The first-order valence-corrected chi connectivity index (χ1v) is 25.1. The summed E-state index contributed by atoms with van der Waals surface area (Å²) in [6.45, 7) is 4.56. The van der Waals surface area contributed by atoms with Gasteiger partial charge in [-0.05, 0) is 89.9 Å². The highest BCUT2D eigenvalue weighted by molar-refractivity contribution is 5.70. The first-order chi connectivity index (χ1) is 30.6. The number of allylic oxidation sites excluding steroid dienone is 14. The Morgan fingerprint density at radius 2 is 0.889 bits per heavy atom. The molecule has 8 nitrogen and oxygen atoms in total. The van der Waals surface area contributed by atoms with E-state index in [-0.39, 0.29) is 55.5 Å². The van der Waals surface area contributed by atoms with Crippen molar-refractivity contribution in [2.75, 3.05) is 41.0 Å². The highest BCUT2D eigenvalue weighted by Crippen LogP contribution is 2.13. The molecular weight excluding hydrogens is 787 g/mol. The smallest absolute Gasteiger partial charge is 0.306 e. The fourth-order valence-electron chi connectivity index (χ4n) is 6.84. The molecule has 63 heavy (non-hydrogen) atoms. The van der Waals surface area contributed by atoms with Crippen molar-refractivity contribution in [2.45, 2.75) is 206 Å². The molecule has 0 aliphatic heterocycles. The van der Waals surface area contributed by atoms with Crippen LogP contribution in [0.5, 0.6) is 0 Å². The predicted octanol–water partition coefficient (Wildman–Crippen LogP) is 13.1. The average molecular weight is 880 g/mol. The minimum absolute atomic E-state index is 0.0159. The van der Waals surface area contributed by atoms with Gasteiger partial charge in [0.1, 0.15) is 12.6 Å². The molecule has 360 valence electrons. The molecule has 0 aromatic heterocycles. The van der Waals surface area contributed by atoms with Crippen LogP contribution in [0, 0.1) is 0 Å². The SMILES string of the molecule is CCCCC/C=C/C/C=C/C/C=C/C/C=C/C/C=C/CCCCC(=O)OCC(COCCC(C(=O)[O-])[N+](C)(C)C)OC(=O)CCCCCCC/C=C/C=C/CCCCCCCCC. The molecule has 0 aromatic carbocycles. The second-order valence-corrected chi connectivity index (χ2v) is 17.7. The number of rotatable bonds is 44. The van der Waals surface area contributed by atoms with Crippen molar-refractivity contribution in [3.8, 4) is 0 Å². The maximum atomic E-state index is 12.8. The summed E-state index contributed by atoms with van der Waals surface area (Å²) >= 11 is 0. The molecule has 0 spiro atoms. The van der Waals surface area contributed by atoms with E-state index in [2.05, 4.69) is 98.9 Å². The van der Waals surface area contributed by atoms with E-state index in [1.54, 1.807) is 21.1 Å². The largest absolute Gasteiger partial charge is 0.544 e. The number of quaternary nitrogens is 1. The number of esters is 2. The van der Waals surface area contributed by atoms with Crippen LogP contribution in [0.3, 0.4) is 0 Å². The Hall–Kier alpha value is -3.49. The van der Waals surface area contributed by atoms with Gasteiger partial charge in [-0.25, -0.2) is 0 Å². The van der Waals surface area contributed by atoms with Crippen molar-refractivity contribution in [3.63, 3.8) is 0 Å². The number of unbranched alkanes of at least 4 members (excludes halogenated alkanes) is 17. The van der Waals surface area contributed by atoms with Crippen LogP contribution in [0.15, 0.2) is 85.1 Å². The summed E-state index contributed by atoms with van der Waals surface area (Å²) < 4.78 is 17.2. The number of likely N-dealkylation sites (N-methyl/N-ethyl adjacent to an activating group) is 1. The summed E-state index contributed by atoms with van der Waals surface area (Å²) in [7, 11) is 5.39. The van der Waals surface area contributed by atoms with E-state index in [1.165, 1.54) is 70.6 Å². The van der Waals surface area contributed by atoms with Crippen LogP contribution < -0.4 is 5.11 Å². The Labute approximate surface area is 386 Å². The summed E-state index contributed by atoms with van der Waals surface area (Å²) in [5.41, 5.74) is 0. The van der Waals surface area contributed by atoms with Crippen molar-refractivity contribution in [1.82, 2.24) is 0 Å². The first-order valence-electron chi connectivity index (χ1n) is 25.1. The quantitative estimate of drug-likeness (QED) is 0.0197. The zero-order valence-electron chi connectivity index (χ0n) is 41.0. The molecule has 0 N–H and O–H groups in total. The molecule has 0 aliphatic carbocycles. The molecule has 0 heterocycles. The molecule has 0 saturated carbocycles. The average Bonchev–Trinajstić information content (AvgIpc) is 3.24. The maximum Gasteiger partial charge on any atom is 0.306 e. The van der Waals surface area contributed by atoms with E-state index >= 15 is 0 Å². The van der Waals surface area contributed by atoms with Crippen LogP contribution in [0.2, 0.25) is 0 Å². The molecule has 0 aliphatic rings. The predicted molar refractivity (Wildman–Crippen MR) is 263 cm³/mol. The van der Waals surface area contributed by atoms with Crippen LogP contribution in [0.1, 0.15) is 194 Å². The molecule has 0 rings (SSSR count). The van der Waals surface area contributed by atoms with Crippen LogP contribution in [-0.4, -0.2) is 75.5 Å². The molecule has 2 unspecified atom stereocenters. The molecule has 2 atom stereocenters. The second-order valence-electron chi connectivity index (χ2n) is 17.7. The Bertz CT molecular complexity index is 1300. The molecule has 0 radical (unpaired) electrons. The molecule has 0 fully saturated rings. The van der Waals surface area contributed by atoms with Crippen molar-refractivity contribution in [1.29, 1.82) is 0 Å². The molecule has 0 amide bonds. The van der Waals surface area contributed by atoms with E-state index < -0.39 is 18.1 Å².